The van der Waals surface area contributed by atoms with Crippen molar-refractivity contribution in [1.82, 2.24) is 30.9 Å². The Morgan fingerprint density at radius 1 is 0.950 bits per heavy atom. The van der Waals surface area contributed by atoms with Crippen LogP contribution in [0.15, 0.2) is 36.1 Å². The zero-order chi connectivity index (χ0) is 44.4. The molecule has 1 heterocycles. The number of aliphatic hydroxyl groups excluding tert-OH is 1. The van der Waals surface area contributed by atoms with E-state index in [4.69, 9.17) is 5.73 Å². The van der Waals surface area contributed by atoms with E-state index in [0.29, 0.717) is 37.9 Å². The lowest BCUT2D eigenvalue weighted by molar-refractivity contribution is -0.142. The number of ketones is 1. The van der Waals surface area contributed by atoms with Crippen molar-refractivity contribution in [2.45, 2.75) is 141 Å². The number of aromatic hydroxyl groups is 1. The van der Waals surface area contributed by atoms with E-state index in [2.05, 4.69) is 32.9 Å². The summed E-state index contributed by atoms with van der Waals surface area (Å²) in [5.74, 6) is -4.50. The molecule has 0 radical (unpaired) electrons. The number of amides is 4. The third-order valence-electron chi connectivity index (χ3n) is 11.2. The number of fused-ring (bicyclic) bond motifs is 5. The predicted octanol–water partition coefficient (Wildman–Crippen LogP) is 2.85. The molecule has 0 saturated heterocycles. The second-order valence-electron chi connectivity index (χ2n) is 16.2. The molecule has 4 bridgehead atoms. The average molecular weight is 860 g/mol. The number of nitrogens with one attached hydrogen (secondary N) is 5. The SMILES string of the molecule is CCCCCCCCCNCCCS(=O)(=O)N[C@@H](CCCCN)C(=O)N(C)[C@@H]1C(=O)N[C@@H](C)C(=O)N[C@H](C(=O)N[C@@H](C)C(C)=O)Cc2ccc(O)c(c2)C2=C(O)C=CC1C2. The van der Waals surface area contributed by atoms with E-state index in [-0.39, 0.29) is 53.4 Å². The third-order valence-corrected chi connectivity index (χ3v) is 12.6. The number of likely N-dealkylation sites (N-methyl/N-ethyl adjacent to an activating group) is 1. The molecule has 0 spiro atoms. The molecule has 4 amide bonds. The fraction of sp³-hybridized carbons (Fsp3) is 0.651. The van der Waals surface area contributed by atoms with E-state index in [0.717, 1.165) is 24.3 Å². The quantitative estimate of drug-likeness (QED) is 0.0744. The number of nitrogens with zero attached hydrogens (tertiary/aromatic N) is 1. The summed E-state index contributed by atoms with van der Waals surface area (Å²) < 4.78 is 29.4. The lowest BCUT2D eigenvalue weighted by atomic mass is 9.82. The molecular weight excluding hydrogens is 791 g/mol. The van der Waals surface area contributed by atoms with E-state index in [1.807, 2.05) is 0 Å². The number of hydrogen-bond acceptors (Lipinski definition) is 11. The molecule has 60 heavy (non-hydrogen) atoms. The molecule has 0 saturated carbocycles. The van der Waals surface area contributed by atoms with Gasteiger partial charge in [-0.15, -0.1) is 0 Å². The summed E-state index contributed by atoms with van der Waals surface area (Å²) in [6, 6.07) is -1.28. The highest BCUT2D eigenvalue weighted by atomic mass is 32.2. The van der Waals surface area contributed by atoms with Crippen LogP contribution in [0.4, 0.5) is 0 Å². The fourth-order valence-corrected chi connectivity index (χ4v) is 8.72. The van der Waals surface area contributed by atoms with E-state index < -0.39 is 69.8 Å². The molecule has 0 aromatic heterocycles. The van der Waals surface area contributed by atoms with Gasteiger partial charge in [0.2, 0.25) is 33.7 Å². The van der Waals surface area contributed by atoms with Crippen LogP contribution in [0.25, 0.3) is 5.57 Å². The first-order valence-corrected chi connectivity index (χ1v) is 23.2. The summed E-state index contributed by atoms with van der Waals surface area (Å²) >= 11 is 0. The highest BCUT2D eigenvalue weighted by Gasteiger charge is 2.40. The minimum Gasteiger partial charge on any atom is -0.508 e. The van der Waals surface area contributed by atoms with Gasteiger partial charge in [-0.3, -0.25) is 24.0 Å². The van der Waals surface area contributed by atoms with Gasteiger partial charge in [0.15, 0.2) is 5.78 Å². The number of carbonyl (C=O) groups excluding carboxylic acids is 5. The van der Waals surface area contributed by atoms with Gasteiger partial charge in [-0.25, -0.2) is 13.1 Å². The van der Waals surface area contributed by atoms with Crippen LogP contribution in [0, 0.1) is 5.92 Å². The van der Waals surface area contributed by atoms with Crippen molar-refractivity contribution in [3.63, 3.8) is 0 Å². The Labute approximate surface area is 356 Å². The minimum atomic E-state index is -3.95. The van der Waals surface area contributed by atoms with Gasteiger partial charge in [-0.2, -0.15) is 0 Å². The van der Waals surface area contributed by atoms with E-state index in [1.165, 1.54) is 72.1 Å². The molecule has 1 aliphatic carbocycles. The molecule has 1 aromatic rings. The first-order valence-electron chi connectivity index (χ1n) is 21.5. The second-order valence-corrected chi connectivity index (χ2v) is 18.0. The van der Waals surface area contributed by atoms with Crippen molar-refractivity contribution in [3.05, 3.63) is 47.2 Å². The van der Waals surface area contributed by atoms with Crippen molar-refractivity contribution < 1.29 is 42.6 Å². The molecule has 16 nitrogen and oxygen atoms in total. The molecule has 1 unspecified atom stereocenters. The minimum absolute atomic E-state index is 0.0366. The molecule has 17 heteroatoms. The number of unbranched alkanes of at least 4 members (excludes halogenated alkanes) is 7. The van der Waals surface area contributed by atoms with Gasteiger partial charge in [-0.1, -0.05) is 64.0 Å². The number of aliphatic hydroxyl groups is 1. The first kappa shape index (κ1) is 50.0. The monoisotopic (exact) mass is 859 g/mol. The summed E-state index contributed by atoms with van der Waals surface area (Å²) in [6.45, 7) is 8.06. The molecule has 0 fully saturated rings. The topological polar surface area (TPSA) is 249 Å². The average Bonchev–Trinajstić information content (AvgIpc) is 3.19. The Hall–Kier alpha value is -4.32. The van der Waals surface area contributed by atoms with Crippen molar-refractivity contribution in [1.29, 1.82) is 0 Å². The van der Waals surface area contributed by atoms with Crippen molar-refractivity contribution >= 4 is 45.0 Å². The second kappa shape index (κ2) is 24.8. The number of nitrogens with two attached hydrogens (primary N) is 1. The van der Waals surface area contributed by atoms with E-state index in [9.17, 15) is 42.6 Å². The number of carbonyl (C=O) groups is 5. The summed E-state index contributed by atoms with van der Waals surface area (Å²) in [4.78, 5) is 68.9. The van der Waals surface area contributed by atoms with Crippen LogP contribution in [0.2, 0.25) is 0 Å². The number of phenolic OH excluding ortho intramolecular Hbond substituents is 1. The zero-order valence-electron chi connectivity index (χ0n) is 36.1. The van der Waals surface area contributed by atoms with E-state index >= 15 is 0 Å². The Morgan fingerprint density at radius 2 is 1.63 bits per heavy atom. The molecule has 1 aliphatic heterocycles. The van der Waals surface area contributed by atoms with Gasteiger partial charge in [0.25, 0.3) is 0 Å². The standard InChI is InChI=1S/C43H69N7O9S/c1-6-7-8-9-10-11-14-22-45-23-15-24-60(58,59)49-35(16-12-13-21-44)43(57)50(5)39-32-18-20-38(53)34(27-32)33-25-31(17-19-37(33)52)26-36(41(55)46-28(2)30(4)51)48-40(54)29(3)47-42(39)56/h17-20,25,28-29,32,35-36,39,45,49,52-53H,6-16,21-24,26-27,44H2,1-5H3,(H,46,55)(H,47,56)(H,48,54)/t28-,29-,32?,35-,36-,39-/m0/s1. The molecule has 336 valence electrons. The van der Waals surface area contributed by atoms with E-state index in [1.54, 1.807) is 18.2 Å². The predicted molar refractivity (Wildman–Crippen MR) is 232 cm³/mol. The van der Waals surface area contributed by atoms with Crippen LogP contribution in [-0.4, -0.2) is 116 Å². The van der Waals surface area contributed by atoms with Crippen LogP contribution in [-0.2, 0) is 40.4 Å². The number of benzene rings is 1. The highest BCUT2D eigenvalue weighted by molar-refractivity contribution is 7.89. The number of Topliss-reactive ketones (excluding diaryl/α,β-unsaturated/α-hetero) is 1. The van der Waals surface area contributed by atoms with Crippen LogP contribution in [0.3, 0.4) is 0 Å². The smallest absolute Gasteiger partial charge is 0.244 e. The van der Waals surface area contributed by atoms with Crippen LogP contribution < -0.4 is 31.7 Å². The Kier molecular flexibility index (Phi) is 20.7. The Balaban J connectivity index is 1.88. The molecule has 9 N–H and O–H groups in total. The summed E-state index contributed by atoms with van der Waals surface area (Å²) in [7, 11) is -2.56. The molecular formula is C43H69N7O9S. The summed E-state index contributed by atoms with van der Waals surface area (Å²) in [6.07, 6.45) is 12.5. The largest absolute Gasteiger partial charge is 0.508 e. The molecule has 6 atom stereocenters. The molecule has 3 rings (SSSR count). The van der Waals surface area contributed by atoms with Crippen molar-refractivity contribution in [3.8, 4) is 5.75 Å². The van der Waals surface area contributed by atoms with Gasteiger partial charge in [0, 0.05) is 30.5 Å². The Morgan fingerprint density at radius 3 is 2.32 bits per heavy atom. The number of hydrogen-bond donors (Lipinski definition) is 8. The maximum absolute atomic E-state index is 14.4. The maximum Gasteiger partial charge on any atom is 0.244 e. The number of sulfonamides is 1. The Bertz CT molecular complexity index is 1800. The van der Waals surface area contributed by atoms with Crippen LogP contribution >= 0.6 is 0 Å². The first-order chi connectivity index (χ1) is 28.5. The zero-order valence-corrected chi connectivity index (χ0v) is 36.9. The van der Waals surface area contributed by atoms with Gasteiger partial charge in [0.1, 0.15) is 35.7 Å². The number of phenols is 1. The summed E-state index contributed by atoms with van der Waals surface area (Å²) in [5.41, 5.74) is 6.73. The van der Waals surface area contributed by atoms with Crippen molar-refractivity contribution in [2.24, 2.45) is 11.7 Å². The lowest BCUT2D eigenvalue weighted by Crippen LogP contribution is -2.60. The molecule has 1 aromatic carbocycles. The normalized spacial score (nSPS) is 20.7. The van der Waals surface area contributed by atoms with Gasteiger partial charge in [0.05, 0.1) is 11.8 Å². The van der Waals surface area contributed by atoms with Gasteiger partial charge >= 0.3 is 0 Å². The molecule has 2 aliphatic rings. The summed E-state index contributed by atoms with van der Waals surface area (Å²) in [5, 5.41) is 33.4. The lowest BCUT2D eigenvalue weighted by Gasteiger charge is -2.37. The number of rotatable bonds is 23. The van der Waals surface area contributed by atoms with Crippen LogP contribution in [0.1, 0.15) is 116 Å². The number of allylic oxidation sites excluding steroid dienone is 2. The highest BCUT2D eigenvalue weighted by Crippen LogP contribution is 2.38. The van der Waals surface area contributed by atoms with Crippen molar-refractivity contribution in [2.75, 3.05) is 32.4 Å². The fourth-order valence-electron chi connectivity index (χ4n) is 7.42. The maximum atomic E-state index is 14.4. The van der Waals surface area contributed by atoms with Gasteiger partial charge in [-0.05, 0) is 96.3 Å². The third kappa shape index (κ3) is 15.6. The van der Waals surface area contributed by atoms with Crippen LogP contribution in [0.5, 0.6) is 5.75 Å². The van der Waals surface area contributed by atoms with Gasteiger partial charge < -0.3 is 42.1 Å².